The number of halogens is 3. The van der Waals surface area contributed by atoms with E-state index in [1.807, 2.05) is 24.3 Å². The van der Waals surface area contributed by atoms with Gasteiger partial charge in [-0.15, -0.1) is 0 Å². The Balaban J connectivity index is 1.41. The molecule has 0 spiro atoms. The fourth-order valence-electron chi connectivity index (χ4n) is 3.69. The van der Waals surface area contributed by atoms with Gasteiger partial charge in [0.25, 0.3) is 5.91 Å². The molecule has 0 unspecified atom stereocenters. The molecule has 1 aliphatic rings. The van der Waals surface area contributed by atoms with Crippen molar-refractivity contribution in [3.8, 4) is 0 Å². The monoisotopic (exact) mass is 388 g/mol. The molecule has 1 aliphatic heterocycles. The van der Waals surface area contributed by atoms with Crippen LogP contribution in [0, 0.1) is 5.92 Å². The van der Waals surface area contributed by atoms with Crippen LogP contribution in [0.25, 0.3) is 11.0 Å². The lowest BCUT2D eigenvalue weighted by molar-refractivity contribution is -0.138. The van der Waals surface area contributed by atoms with Gasteiger partial charge in [-0.1, -0.05) is 12.1 Å². The van der Waals surface area contributed by atoms with Gasteiger partial charge in [0.2, 0.25) is 0 Å². The van der Waals surface area contributed by atoms with E-state index in [0.717, 1.165) is 42.2 Å². The predicted molar refractivity (Wildman–Crippen MR) is 97.7 cm³/mol. The van der Waals surface area contributed by atoms with Gasteiger partial charge >= 0.3 is 6.18 Å². The second kappa shape index (κ2) is 7.26. The molecule has 1 amide bonds. The Hall–Kier alpha value is -2.90. The van der Waals surface area contributed by atoms with E-state index < -0.39 is 17.6 Å². The van der Waals surface area contributed by atoms with Crippen molar-refractivity contribution in [2.24, 2.45) is 5.92 Å². The molecule has 2 aromatic heterocycles. The molecule has 5 nitrogen and oxygen atoms in total. The zero-order chi connectivity index (χ0) is 19.7. The zero-order valence-corrected chi connectivity index (χ0v) is 15.0. The molecule has 146 valence electrons. The number of aromatic amines is 1. The second-order valence-corrected chi connectivity index (χ2v) is 7.06. The maximum atomic E-state index is 13.1. The molecule has 0 aliphatic carbocycles. The molecule has 1 saturated heterocycles. The van der Waals surface area contributed by atoms with Crippen molar-refractivity contribution < 1.29 is 18.0 Å². The van der Waals surface area contributed by atoms with E-state index in [0.29, 0.717) is 25.2 Å². The summed E-state index contributed by atoms with van der Waals surface area (Å²) in [6.45, 7) is 0.868. The van der Waals surface area contributed by atoms with Crippen molar-refractivity contribution in [2.75, 3.05) is 13.1 Å². The average molecular weight is 388 g/mol. The highest BCUT2D eigenvalue weighted by Crippen LogP contribution is 2.32. The second-order valence-electron chi connectivity index (χ2n) is 7.06. The summed E-state index contributed by atoms with van der Waals surface area (Å²) >= 11 is 0. The first-order chi connectivity index (χ1) is 13.4. The van der Waals surface area contributed by atoms with Crippen molar-refractivity contribution in [1.29, 1.82) is 0 Å². The van der Waals surface area contributed by atoms with Crippen molar-refractivity contribution in [3.05, 3.63) is 59.7 Å². The van der Waals surface area contributed by atoms with Gasteiger partial charge in [0.05, 0.1) is 22.2 Å². The molecular weight excluding hydrogens is 369 g/mol. The number of para-hydroxylation sites is 2. The van der Waals surface area contributed by atoms with Gasteiger partial charge in [-0.3, -0.25) is 9.78 Å². The van der Waals surface area contributed by atoms with Crippen LogP contribution in [0.1, 0.15) is 34.6 Å². The van der Waals surface area contributed by atoms with Gasteiger partial charge in [0.15, 0.2) is 0 Å². The number of hydrogen-bond donors (Lipinski definition) is 1. The van der Waals surface area contributed by atoms with E-state index in [1.165, 1.54) is 11.1 Å². The summed E-state index contributed by atoms with van der Waals surface area (Å²) in [5.74, 6) is 0.653. The van der Waals surface area contributed by atoms with Gasteiger partial charge < -0.3 is 9.88 Å². The number of aromatic nitrogens is 3. The number of rotatable bonds is 3. The van der Waals surface area contributed by atoms with Crippen LogP contribution in [-0.4, -0.2) is 38.8 Å². The first kappa shape index (κ1) is 18.5. The summed E-state index contributed by atoms with van der Waals surface area (Å²) in [6.07, 6.45) is -0.443. The minimum absolute atomic E-state index is 0.335. The normalized spacial score (nSPS) is 15.9. The number of likely N-dealkylation sites (tertiary alicyclic amines) is 1. The topological polar surface area (TPSA) is 61.9 Å². The van der Waals surface area contributed by atoms with Crippen molar-refractivity contribution >= 4 is 16.9 Å². The average Bonchev–Trinajstić information content (AvgIpc) is 3.09. The number of benzene rings is 1. The Labute approximate surface area is 159 Å². The number of H-pyrrole nitrogens is 1. The molecule has 8 heteroatoms. The highest BCUT2D eigenvalue weighted by Gasteiger charge is 2.37. The fourth-order valence-corrected chi connectivity index (χ4v) is 3.69. The lowest BCUT2D eigenvalue weighted by Gasteiger charge is -2.32. The van der Waals surface area contributed by atoms with Crippen LogP contribution >= 0.6 is 0 Å². The molecule has 1 fully saturated rings. The van der Waals surface area contributed by atoms with Crippen LogP contribution in [0.2, 0.25) is 0 Å². The molecule has 0 saturated carbocycles. The lowest BCUT2D eigenvalue weighted by atomic mass is 9.92. The molecule has 1 N–H and O–H groups in total. The van der Waals surface area contributed by atoms with Gasteiger partial charge in [-0.2, -0.15) is 13.2 Å². The highest BCUT2D eigenvalue weighted by molar-refractivity contribution is 5.95. The maximum absolute atomic E-state index is 13.1. The summed E-state index contributed by atoms with van der Waals surface area (Å²) in [6, 6.07) is 8.95. The largest absolute Gasteiger partial charge is 0.418 e. The van der Waals surface area contributed by atoms with Crippen LogP contribution < -0.4 is 0 Å². The Morgan fingerprint density at radius 1 is 1.18 bits per heavy atom. The van der Waals surface area contributed by atoms with Crippen LogP contribution in [0.4, 0.5) is 13.2 Å². The molecular formula is C20H19F3N4O. The first-order valence-corrected chi connectivity index (χ1v) is 9.16. The number of nitrogens with zero attached hydrogens (tertiary/aromatic N) is 3. The van der Waals surface area contributed by atoms with Gasteiger partial charge in [0.1, 0.15) is 5.82 Å². The number of piperidine rings is 1. The molecule has 28 heavy (non-hydrogen) atoms. The van der Waals surface area contributed by atoms with Gasteiger partial charge in [-0.05, 0) is 37.0 Å². The molecule has 3 aromatic rings. The van der Waals surface area contributed by atoms with E-state index in [1.54, 1.807) is 0 Å². The summed E-state index contributed by atoms with van der Waals surface area (Å²) in [5, 5.41) is 0. The maximum Gasteiger partial charge on any atom is 0.418 e. The third-order valence-electron chi connectivity index (χ3n) is 5.18. The number of pyridine rings is 1. The number of imidazole rings is 1. The van der Waals surface area contributed by atoms with E-state index in [4.69, 9.17) is 0 Å². The predicted octanol–water partition coefficient (Wildman–Crippen LogP) is 4.07. The third kappa shape index (κ3) is 3.72. The number of alkyl halides is 3. The van der Waals surface area contributed by atoms with Crippen LogP contribution in [-0.2, 0) is 12.6 Å². The van der Waals surface area contributed by atoms with E-state index in [2.05, 4.69) is 15.0 Å². The minimum Gasteiger partial charge on any atom is -0.342 e. The molecule has 1 aromatic carbocycles. The number of nitrogens with one attached hydrogen (secondary N) is 1. The SMILES string of the molecule is O=C(c1ccncc1C(F)(F)F)N1CCC(Cc2nc3ccccc3[nH]2)CC1. The molecule has 0 radical (unpaired) electrons. The number of carbonyl (C=O) groups is 1. The zero-order valence-electron chi connectivity index (χ0n) is 15.0. The summed E-state index contributed by atoms with van der Waals surface area (Å²) in [4.78, 5) is 25.5. The third-order valence-corrected chi connectivity index (χ3v) is 5.18. The Bertz CT molecular complexity index is 957. The Morgan fingerprint density at radius 2 is 1.93 bits per heavy atom. The quantitative estimate of drug-likeness (QED) is 0.736. The van der Waals surface area contributed by atoms with E-state index in [-0.39, 0.29) is 5.56 Å². The number of carbonyl (C=O) groups excluding carboxylic acids is 1. The van der Waals surface area contributed by atoms with Crippen molar-refractivity contribution in [3.63, 3.8) is 0 Å². The number of hydrogen-bond acceptors (Lipinski definition) is 3. The number of amides is 1. The van der Waals surface area contributed by atoms with Crippen LogP contribution in [0.3, 0.4) is 0 Å². The number of fused-ring (bicyclic) bond motifs is 1. The Kier molecular flexibility index (Phi) is 4.78. The van der Waals surface area contributed by atoms with Crippen LogP contribution in [0.15, 0.2) is 42.7 Å². The highest BCUT2D eigenvalue weighted by atomic mass is 19.4. The first-order valence-electron chi connectivity index (χ1n) is 9.16. The van der Waals surface area contributed by atoms with Gasteiger partial charge in [0, 0.05) is 31.9 Å². The molecule has 0 bridgehead atoms. The standard InChI is InChI=1S/C20H19F3N4O/c21-20(22,23)15-12-24-8-5-14(15)19(28)27-9-6-13(7-10-27)11-18-25-16-3-1-2-4-17(16)26-18/h1-5,8,12-13H,6-7,9-11H2,(H,25,26). The summed E-state index contributed by atoms with van der Waals surface area (Å²) in [5.41, 5.74) is 0.590. The minimum atomic E-state index is -4.60. The van der Waals surface area contributed by atoms with Crippen molar-refractivity contribution in [1.82, 2.24) is 19.9 Å². The summed E-state index contributed by atoms with van der Waals surface area (Å²) in [7, 11) is 0. The van der Waals surface area contributed by atoms with Gasteiger partial charge in [-0.25, -0.2) is 4.98 Å². The molecule has 4 rings (SSSR count). The molecule has 3 heterocycles. The van der Waals surface area contributed by atoms with E-state index in [9.17, 15) is 18.0 Å². The fraction of sp³-hybridized carbons (Fsp3) is 0.350. The Morgan fingerprint density at radius 3 is 2.64 bits per heavy atom. The van der Waals surface area contributed by atoms with Crippen LogP contribution in [0.5, 0.6) is 0 Å². The van der Waals surface area contributed by atoms with Crippen molar-refractivity contribution in [2.45, 2.75) is 25.4 Å². The smallest absolute Gasteiger partial charge is 0.342 e. The lowest BCUT2D eigenvalue weighted by Crippen LogP contribution is -2.39. The molecule has 0 atom stereocenters. The van der Waals surface area contributed by atoms with E-state index >= 15 is 0 Å². The summed E-state index contributed by atoms with van der Waals surface area (Å²) < 4.78 is 39.4.